The molecule has 1 atom stereocenters. The largest absolute Gasteiger partial charge is 0.323 e. The predicted molar refractivity (Wildman–Crippen MR) is 72.1 cm³/mol. The molecule has 3 rings (SSSR count). The van der Waals surface area contributed by atoms with E-state index >= 15 is 0 Å². The van der Waals surface area contributed by atoms with Gasteiger partial charge in [-0.2, -0.15) is 0 Å². The van der Waals surface area contributed by atoms with Gasteiger partial charge in [0, 0.05) is 16.5 Å². The number of aryl methyl sites for hydroxylation is 2. The third kappa shape index (κ3) is 2.06. The van der Waals surface area contributed by atoms with Crippen molar-refractivity contribution in [2.45, 2.75) is 32.2 Å². The minimum atomic E-state index is -0.206. The fourth-order valence-electron chi connectivity index (χ4n) is 2.43. The Kier molecular flexibility index (Phi) is 2.92. The lowest BCUT2D eigenvalue weighted by Gasteiger charge is -2.15. The number of nitrogens with two attached hydrogens (primary N) is 1. The number of hydrogen-bond acceptors (Lipinski definition) is 3. The Morgan fingerprint density at radius 3 is 2.94 bits per heavy atom. The van der Waals surface area contributed by atoms with E-state index in [1.165, 1.54) is 10.9 Å². The van der Waals surface area contributed by atoms with Gasteiger partial charge in [0.1, 0.15) is 10.8 Å². The van der Waals surface area contributed by atoms with Gasteiger partial charge in [0.05, 0.1) is 5.69 Å². The van der Waals surface area contributed by atoms with Gasteiger partial charge in [0.2, 0.25) is 0 Å². The topological polar surface area (TPSA) is 38.9 Å². The van der Waals surface area contributed by atoms with Gasteiger partial charge in [-0.15, -0.1) is 11.3 Å². The highest BCUT2D eigenvalue weighted by molar-refractivity contribution is 7.15. The lowest BCUT2D eigenvalue weighted by atomic mass is 9.99. The van der Waals surface area contributed by atoms with E-state index in [1.807, 2.05) is 13.0 Å². The molecule has 0 bridgehead atoms. The van der Waals surface area contributed by atoms with Crippen molar-refractivity contribution >= 4 is 11.3 Å². The Labute approximate surface area is 110 Å². The Morgan fingerprint density at radius 2 is 2.22 bits per heavy atom. The van der Waals surface area contributed by atoms with Crippen LogP contribution in [0.4, 0.5) is 4.39 Å². The molecule has 0 radical (unpaired) electrons. The zero-order valence-corrected chi connectivity index (χ0v) is 11.1. The summed E-state index contributed by atoms with van der Waals surface area (Å²) in [5, 5.41) is 0.889. The molecule has 18 heavy (non-hydrogen) atoms. The summed E-state index contributed by atoms with van der Waals surface area (Å²) in [5.74, 6) is -0.206. The molecule has 2 aromatic rings. The molecule has 1 aromatic heterocycles. The van der Waals surface area contributed by atoms with Crippen LogP contribution in [0.2, 0.25) is 0 Å². The first-order chi connectivity index (χ1) is 8.63. The van der Waals surface area contributed by atoms with Crippen molar-refractivity contribution in [2.24, 2.45) is 5.73 Å². The van der Waals surface area contributed by atoms with Crippen LogP contribution in [0.3, 0.4) is 0 Å². The van der Waals surface area contributed by atoms with E-state index in [0.29, 0.717) is 0 Å². The van der Waals surface area contributed by atoms with E-state index in [2.05, 4.69) is 4.98 Å². The molecule has 0 saturated heterocycles. The predicted octanol–water partition coefficient (Wildman–Crippen LogP) is 3.59. The normalized spacial score (nSPS) is 18.7. The maximum absolute atomic E-state index is 13.4. The molecule has 0 amide bonds. The summed E-state index contributed by atoms with van der Waals surface area (Å²) in [6.45, 7) is 1.89. The number of halogens is 1. The van der Waals surface area contributed by atoms with E-state index in [-0.39, 0.29) is 11.9 Å². The van der Waals surface area contributed by atoms with Gasteiger partial charge in [-0.1, -0.05) is 0 Å². The van der Waals surface area contributed by atoms with E-state index in [0.717, 1.165) is 41.1 Å². The molecule has 2 nitrogen and oxygen atoms in total. The SMILES string of the molecule is Cc1cc(F)cc(-c2nc3c(s2)CCCC3N)c1. The molecule has 1 heterocycles. The first kappa shape index (κ1) is 11.8. The monoisotopic (exact) mass is 262 g/mol. The van der Waals surface area contributed by atoms with Crippen LogP contribution in [0, 0.1) is 12.7 Å². The number of thiazole rings is 1. The van der Waals surface area contributed by atoms with Gasteiger partial charge in [-0.05, 0) is 49.9 Å². The molecule has 1 unspecified atom stereocenters. The zero-order valence-electron chi connectivity index (χ0n) is 10.2. The molecule has 4 heteroatoms. The standard InChI is InChI=1S/C14H15FN2S/c1-8-5-9(7-10(15)6-8)14-17-13-11(16)3-2-4-12(13)18-14/h5-7,11H,2-4,16H2,1H3. The second kappa shape index (κ2) is 4.44. The van der Waals surface area contributed by atoms with Gasteiger partial charge < -0.3 is 5.73 Å². The van der Waals surface area contributed by atoms with Crippen LogP contribution in [0.15, 0.2) is 18.2 Å². The van der Waals surface area contributed by atoms with Gasteiger partial charge >= 0.3 is 0 Å². The lowest BCUT2D eigenvalue weighted by Crippen LogP contribution is -2.16. The van der Waals surface area contributed by atoms with E-state index in [1.54, 1.807) is 17.4 Å². The lowest BCUT2D eigenvalue weighted by molar-refractivity contribution is 0.564. The summed E-state index contributed by atoms with van der Waals surface area (Å²) in [5.41, 5.74) is 8.86. The quantitative estimate of drug-likeness (QED) is 0.853. The van der Waals surface area contributed by atoms with Crippen LogP contribution >= 0.6 is 11.3 Å². The van der Waals surface area contributed by atoms with E-state index in [4.69, 9.17) is 5.73 Å². The summed E-state index contributed by atoms with van der Waals surface area (Å²) in [7, 11) is 0. The van der Waals surface area contributed by atoms with E-state index in [9.17, 15) is 4.39 Å². The highest BCUT2D eigenvalue weighted by atomic mass is 32.1. The summed E-state index contributed by atoms with van der Waals surface area (Å²) in [6.07, 6.45) is 3.17. The summed E-state index contributed by atoms with van der Waals surface area (Å²) in [6, 6.07) is 5.10. The smallest absolute Gasteiger partial charge is 0.124 e. The van der Waals surface area contributed by atoms with Gasteiger partial charge in [-0.25, -0.2) is 9.37 Å². The number of fused-ring (bicyclic) bond motifs is 1. The number of nitrogens with zero attached hydrogens (tertiary/aromatic N) is 1. The van der Waals surface area contributed by atoms with Crippen LogP contribution in [0.1, 0.15) is 35.0 Å². The van der Waals surface area contributed by atoms with Crippen LogP contribution in [0.25, 0.3) is 10.6 Å². The highest BCUT2D eigenvalue weighted by Gasteiger charge is 2.22. The summed E-state index contributed by atoms with van der Waals surface area (Å²) < 4.78 is 13.4. The number of aromatic nitrogens is 1. The van der Waals surface area contributed by atoms with Crippen molar-refractivity contribution in [3.05, 3.63) is 40.2 Å². The molecule has 1 aromatic carbocycles. The fourth-order valence-corrected chi connectivity index (χ4v) is 3.60. The Hall–Kier alpha value is -1.26. The Morgan fingerprint density at radius 1 is 1.39 bits per heavy atom. The molecule has 0 fully saturated rings. The first-order valence-electron chi connectivity index (χ1n) is 6.16. The average Bonchev–Trinajstić information content (AvgIpc) is 2.73. The van der Waals surface area contributed by atoms with Crippen LogP contribution < -0.4 is 5.73 Å². The van der Waals surface area contributed by atoms with Crippen molar-refractivity contribution in [1.82, 2.24) is 4.98 Å². The molecular weight excluding hydrogens is 247 g/mol. The molecule has 2 N–H and O–H groups in total. The number of benzene rings is 1. The maximum Gasteiger partial charge on any atom is 0.124 e. The van der Waals surface area contributed by atoms with Crippen molar-refractivity contribution in [3.63, 3.8) is 0 Å². The van der Waals surface area contributed by atoms with Crippen molar-refractivity contribution in [1.29, 1.82) is 0 Å². The van der Waals surface area contributed by atoms with Gasteiger partial charge in [0.25, 0.3) is 0 Å². The zero-order chi connectivity index (χ0) is 12.7. The molecule has 1 aliphatic carbocycles. The number of rotatable bonds is 1. The van der Waals surface area contributed by atoms with Crippen molar-refractivity contribution in [2.75, 3.05) is 0 Å². The minimum absolute atomic E-state index is 0.0495. The third-order valence-electron chi connectivity index (χ3n) is 3.29. The average molecular weight is 262 g/mol. The number of hydrogen-bond donors (Lipinski definition) is 1. The Balaban J connectivity index is 2.07. The van der Waals surface area contributed by atoms with Crippen LogP contribution in [-0.2, 0) is 6.42 Å². The van der Waals surface area contributed by atoms with Gasteiger partial charge in [0.15, 0.2) is 0 Å². The van der Waals surface area contributed by atoms with Gasteiger partial charge in [-0.3, -0.25) is 0 Å². The van der Waals surface area contributed by atoms with Crippen molar-refractivity contribution in [3.8, 4) is 10.6 Å². The molecule has 0 saturated carbocycles. The van der Waals surface area contributed by atoms with Crippen LogP contribution in [-0.4, -0.2) is 4.98 Å². The summed E-state index contributed by atoms with van der Waals surface area (Å²) in [4.78, 5) is 5.88. The second-order valence-electron chi connectivity index (χ2n) is 4.84. The fraction of sp³-hybridized carbons (Fsp3) is 0.357. The second-order valence-corrected chi connectivity index (χ2v) is 5.93. The Bertz CT molecular complexity index is 571. The van der Waals surface area contributed by atoms with Crippen LogP contribution in [0.5, 0.6) is 0 Å². The van der Waals surface area contributed by atoms with Crippen molar-refractivity contribution < 1.29 is 4.39 Å². The molecule has 0 aliphatic heterocycles. The minimum Gasteiger partial charge on any atom is -0.323 e. The summed E-state index contributed by atoms with van der Waals surface area (Å²) >= 11 is 1.65. The molecule has 0 spiro atoms. The molecule has 94 valence electrons. The molecular formula is C14H15FN2S. The maximum atomic E-state index is 13.4. The molecule has 1 aliphatic rings. The highest BCUT2D eigenvalue weighted by Crippen LogP contribution is 2.36. The van der Waals surface area contributed by atoms with E-state index < -0.39 is 0 Å². The third-order valence-corrected chi connectivity index (χ3v) is 4.47. The first-order valence-corrected chi connectivity index (χ1v) is 6.98.